The van der Waals surface area contributed by atoms with Crippen LogP contribution in [0.25, 0.3) is 23.0 Å². The van der Waals surface area contributed by atoms with Crippen LogP contribution < -0.4 is 0 Å². The van der Waals surface area contributed by atoms with Gasteiger partial charge in [0.2, 0.25) is 0 Å². The highest BCUT2D eigenvalue weighted by Gasteiger charge is 2.32. The number of thioether (sulfide) groups is 1. The van der Waals surface area contributed by atoms with Crippen LogP contribution in [-0.2, 0) is 11.3 Å². The Morgan fingerprint density at radius 1 is 0.971 bits per heavy atom. The molecule has 4 aromatic rings. The number of hydrogen-bond donors (Lipinski definition) is 0. The maximum absolute atomic E-state index is 13.3. The summed E-state index contributed by atoms with van der Waals surface area (Å²) in [7, 11) is 0. The average molecular weight is 482 g/mol. The maximum Gasteiger partial charge on any atom is 0.266 e. The smallest absolute Gasteiger partial charge is 0.266 e. The minimum Gasteiger partial charge on any atom is -0.288 e. The van der Waals surface area contributed by atoms with Crippen LogP contribution in [0.1, 0.15) is 22.3 Å². The van der Waals surface area contributed by atoms with Gasteiger partial charge < -0.3 is 0 Å². The first-order chi connectivity index (χ1) is 16.5. The summed E-state index contributed by atoms with van der Waals surface area (Å²) in [5, 5.41) is 4.93. The molecule has 1 aliphatic rings. The van der Waals surface area contributed by atoms with Crippen molar-refractivity contribution >= 4 is 40.3 Å². The van der Waals surface area contributed by atoms with Crippen molar-refractivity contribution in [2.45, 2.75) is 20.4 Å². The molecule has 6 heteroatoms. The van der Waals surface area contributed by atoms with Crippen molar-refractivity contribution in [1.29, 1.82) is 0 Å². The number of benzene rings is 3. The molecule has 0 bridgehead atoms. The number of hydrogen-bond acceptors (Lipinski definition) is 4. The predicted octanol–water partition coefficient (Wildman–Crippen LogP) is 6.56. The number of aryl methyl sites for hydroxylation is 2. The highest BCUT2D eigenvalue weighted by molar-refractivity contribution is 8.26. The van der Waals surface area contributed by atoms with Gasteiger partial charge in [-0.2, -0.15) is 5.10 Å². The Morgan fingerprint density at radius 3 is 2.41 bits per heavy atom. The zero-order valence-corrected chi connectivity index (χ0v) is 20.6. The van der Waals surface area contributed by atoms with Crippen LogP contribution >= 0.6 is 24.0 Å². The Balaban J connectivity index is 1.56. The van der Waals surface area contributed by atoms with E-state index < -0.39 is 0 Å². The summed E-state index contributed by atoms with van der Waals surface area (Å²) in [6.07, 6.45) is 3.91. The van der Waals surface area contributed by atoms with Gasteiger partial charge in [-0.05, 0) is 49.2 Å². The molecule has 1 aliphatic heterocycles. The van der Waals surface area contributed by atoms with E-state index >= 15 is 0 Å². The molecule has 4 nitrogen and oxygen atoms in total. The van der Waals surface area contributed by atoms with Gasteiger partial charge in [-0.15, -0.1) is 0 Å². The van der Waals surface area contributed by atoms with Crippen molar-refractivity contribution in [3.05, 3.63) is 112 Å². The molecular weight excluding hydrogens is 458 g/mol. The molecule has 5 rings (SSSR count). The lowest BCUT2D eigenvalue weighted by atomic mass is 10.0. The summed E-state index contributed by atoms with van der Waals surface area (Å²) < 4.78 is 2.44. The van der Waals surface area contributed by atoms with Gasteiger partial charge in [0.05, 0.1) is 17.1 Å². The van der Waals surface area contributed by atoms with Crippen LogP contribution in [-0.4, -0.2) is 24.9 Å². The molecule has 1 saturated heterocycles. The minimum absolute atomic E-state index is 0.0711. The van der Waals surface area contributed by atoms with Gasteiger partial charge in [0, 0.05) is 17.3 Å². The van der Waals surface area contributed by atoms with E-state index in [0.717, 1.165) is 39.2 Å². The van der Waals surface area contributed by atoms with Gasteiger partial charge in [0.25, 0.3) is 5.91 Å². The molecule has 168 valence electrons. The third-order valence-corrected chi connectivity index (χ3v) is 7.13. The third-order valence-electron chi connectivity index (χ3n) is 5.76. The molecule has 0 unspecified atom stereocenters. The fraction of sp³-hybridized carbons (Fsp3) is 0.107. The number of rotatable bonds is 5. The zero-order valence-electron chi connectivity index (χ0n) is 18.9. The summed E-state index contributed by atoms with van der Waals surface area (Å²) in [4.78, 5) is 15.6. The molecule has 0 N–H and O–H groups in total. The Kier molecular flexibility index (Phi) is 6.18. The SMILES string of the molecule is Cc1ccc(C)c(-c2nn(-c3ccccc3)cc2/C=C2/SC(=S)N(Cc3ccccc3)C2=O)c1. The maximum atomic E-state index is 13.3. The van der Waals surface area contributed by atoms with Crippen LogP contribution in [0.2, 0.25) is 0 Å². The molecule has 0 aliphatic carbocycles. The fourth-order valence-corrected chi connectivity index (χ4v) is 5.20. The number of carbonyl (C=O) groups excluding carboxylic acids is 1. The molecule has 3 aromatic carbocycles. The molecule has 1 fully saturated rings. The van der Waals surface area contributed by atoms with Crippen molar-refractivity contribution in [3.63, 3.8) is 0 Å². The van der Waals surface area contributed by atoms with E-state index in [4.69, 9.17) is 17.3 Å². The summed E-state index contributed by atoms with van der Waals surface area (Å²) in [6.45, 7) is 4.63. The van der Waals surface area contributed by atoms with E-state index in [1.165, 1.54) is 11.8 Å². The quantitative estimate of drug-likeness (QED) is 0.239. The fourth-order valence-electron chi connectivity index (χ4n) is 3.95. The van der Waals surface area contributed by atoms with Gasteiger partial charge >= 0.3 is 0 Å². The van der Waals surface area contributed by atoms with E-state index in [1.54, 1.807) is 4.90 Å². The number of thiocarbonyl (C=S) groups is 1. The van der Waals surface area contributed by atoms with E-state index in [0.29, 0.717) is 15.8 Å². The van der Waals surface area contributed by atoms with E-state index in [9.17, 15) is 4.79 Å². The zero-order chi connectivity index (χ0) is 23.7. The second-order valence-corrected chi connectivity index (χ2v) is 9.96. The molecule has 1 amide bonds. The van der Waals surface area contributed by atoms with Crippen molar-refractivity contribution < 1.29 is 4.79 Å². The van der Waals surface area contributed by atoms with Gasteiger partial charge in [0.1, 0.15) is 10.0 Å². The lowest BCUT2D eigenvalue weighted by Gasteiger charge is -2.14. The van der Waals surface area contributed by atoms with Gasteiger partial charge in [-0.25, -0.2) is 4.68 Å². The predicted molar refractivity (Wildman–Crippen MR) is 144 cm³/mol. The van der Waals surface area contributed by atoms with Crippen LogP contribution in [0.15, 0.2) is 90.0 Å². The van der Waals surface area contributed by atoms with Crippen LogP contribution in [0.5, 0.6) is 0 Å². The molecule has 0 spiro atoms. The van der Waals surface area contributed by atoms with Crippen LogP contribution in [0.4, 0.5) is 0 Å². The van der Waals surface area contributed by atoms with E-state index in [-0.39, 0.29) is 5.91 Å². The van der Waals surface area contributed by atoms with Crippen molar-refractivity contribution in [3.8, 4) is 16.9 Å². The molecular formula is C28H23N3OS2. The lowest BCUT2D eigenvalue weighted by molar-refractivity contribution is -0.122. The first kappa shape index (κ1) is 22.3. The highest BCUT2D eigenvalue weighted by atomic mass is 32.2. The van der Waals surface area contributed by atoms with Crippen molar-refractivity contribution in [2.24, 2.45) is 0 Å². The largest absolute Gasteiger partial charge is 0.288 e. The molecule has 0 saturated carbocycles. The number of nitrogens with zero attached hydrogens (tertiary/aromatic N) is 3. The number of aromatic nitrogens is 2. The van der Waals surface area contributed by atoms with Crippen molar-refractivity contribution in [1.82, 2.24) is 14.7 Å². The Hall–Kier alpha value is -3.48. The number of para-hydroxylation sites is 1. The van der Waals surface area contributed by atoms with Crippen molar-refractivity contribution in [2.75, 3.05) is 0 Å². The molecule has 0 radical (unpaired) electrons. The molecule has 0 atom stereocenters. The monoisotopic (exact) mass is 481 g/mol. The Bertz CT molecular complexity index is 1410. The highest BCUT2D eigenvalue weighted by Crippen LogP contribution is 2.36. The molecule has 34 heavy (non-hydrogen) atoms. The Labute approximate surface area is 208 Å². The first-order valence-corrected chi connectivity index (χ1v) is 12.2. The average Bonchev–Trinajstić information content (AvgIpc) is 3.38. The number of amides is 1. The lowest BCUT2D eigenvalue weighted by Crippen LogP contribution is -2.27. The minimum atomic E-state index is -0.0711. The summed E-state index contributed by atoms with van der Waals surface area (Å²) in [5.74, 6) is -0.0711. The number of carbonyl (C=O) groups is 1. The summed E-state index contributed by atoms with van der Waals surface area (Å²) >= 11 is 6.91. The summed E-state index contributed by atoms with van der Waals surface area (Å²) in [6, 6.07) is 26.3. The van der Waals surface area contributed by atoms with Gasteiger partial charge in [-0.1, -0.05) is 90.2 Å². The normalized spacial score (nSPS) is 14.9. The summed E-state index contributed by atoms with van der Waals surface area (Å²) in [5.41, 5.74) is 7.10. The Morgan fingerprint density at radius 2 is 1.68 bits per heavy atom. The van der Waals surface area contributed by atoms with E-state index in [2.05, 4.69) is 32.0 Å². The third kappa shape index (κ3) is 4.47. The first-order valence-electron chi connectivity index (χ1n) is 11.0. The topological polar surface area (TPSA) is 38.1 Å². The van der Waals surface area contributed by atoms with Crippen LogP contribution in [0, 0.1) is 13.8 Å². The van der Waals surface area contributed by atoms with Gasteiger partial charge in [-0.3, -0.25) is 9.69 Å². The van der Waals surface area contributed by atoms with Gasteiger partial charge in [0.15, 0.2) is 0 Å². The van der Waals surface area contributed by atoms with E-state index in [1.807, 2.05) is 77.6 Å². The second-order valence-electron chi connectivity index (χ2n) is 8.28. The molecule has 2 heterocycles. The standard InChI is InChI=1S/C28H23N3OS2/c1-19-13-14-20(2)24(15-19)26-22(18-31(29-26)23-11-7-4-8-12-23)16-25-27(32)30(28(33)34-25)17-21-9-5-3-6-10-21/h3-16,18H,17H2,1-2H3/b25-16+. The molecule has 1 aromatic heterocycles. The van der Waals surface area contributed by atoms with Crippen LogP contribution in [0.3, 0.4) is 0 Å². The second kappa shape index (κ2) is 9.41.